The Morgan fingerprint density at radius 1 is 1.33 bits per heavy atom. The maximum absolute atomic E-state index is 12.0. The number of aryl methyl sites for hydroxylation is 1. The highest BCUT2D eigenvalue weighted by molar-refractivity contribution is 6.30. The van der Waals surface area contributed by atoms with Crippen molar-refractivity contribution < 1.29 is 4.79 Å². The fourth-order valence-electron chi connectivity index (χ4n) is 2.63. The van der Waals surface area contributed by atoms with Crippen molar-refractivity contribution in [2.24, 2.45) is 7.05 Å². The van der Waals surface area contributed by atoms with Crippen LogP contribution >= 0.6 is 11.6 Å². The highest BCUT2D eigenvalue weighted by atomic mass is 35.5. The number of likely N-dealkylation sites (N-methyl/N-ethyl adjacent to an activating group) is 1. The van der Waals surface area contributed by atoms with Crippen LogP contribution in [0.15, 0.2) is 24.7 Å². The first-order chi connectivity index (χ1) is 10.1. The maximum Gasteiger partial charge on any atom is 0.225 e. The number of hydrogen-bond acceptors (Lipinski definition) is 5. The van der Waals surface area contributed by atoms with Crippen LogP contribution in [0.5, 0.6) is 0 Å². The van der Waals surface area contributed by atoms with E-state index >= 15 is 0 Å². The third-order valence-electron chi connectivity index (χ3n) is 3.68. The van der Waals surface area contributed by atoms with E-state index < -0.39 is 0 Å². The normalized spacial score (nSPS) is 21.9. The van der Waals surface area contributed by atoms with Gasteiger partial charge in [0.2, 0.25) is 11.9 Å². The molecule has 1 N–H and O–H groups in total. The van der Waals surface area contributed by atoms with Gasteiger partial charge in [-0.1, -0.05) is 11.6 Å². The van der Waals surface area contributed by atoms with Crippen molar-refractivity contribution in [2.75, 3.05) is 12.4 Å². The molecule has 2 atom stereocenters. The van der Waals surface area contributed by atoms with Gasteiger partial charge in [0, 0.05) is 26.7 Å². The minimum atomic E-state index is -0.112. The lowest BCUT2D eigenvalue weighted by Gasteiger charge is -2.25. The molecule has 0 radical (unpaired) electrons. The van der Waals surface area contributed by atoms with E-state index in [2.05, 4.69) is 20.4 Å². The van der Waals surface area contributed by atoms with Crippen LogP contribution in [0.4, 0.5) is 5.95 Å². The van der Waals surface area contributed by atoms with E-state index in [-0.39, 0.29) is 18.0 Å². The fourth-order valence-corrected chi connectivity index (χ4v) is 2.73. The van der Waals surface area contributed by atoms with Gasteiger partial charge in [0.15, 0.2) is 0 Å². The summed E-state index contributed by atoms with van der Waals surface area (Å²) in [4.78, 5) is 22.0. The van der Waals surface area contributed by atoms with Gasteiger partial charge in [-0.25, -0.2) is 9.97 Å². The van der Waals surface area contributed by atoms with Crippen molar-refractivity contribution >= 4 is 23.5 Å². The van der Waals surface area contributed by atoms with Gasteiger partial charge in [0.1, 0.15) is 0 Å². The largest absolute Gasteiger partial charge is 0.348 e. The minimum absolute atomic E-state index is 0.0765. The number of carbonyl (C=O) groups is 1. The van der Waals surface area contributed by atoms with E-state index in [0.29, 0.717) is 17.4 Å². The second kappa shape index (κ2) is 5.33. The molecule has 0 aliphatic carbocycles. The minimum Gasteiger partial charge on any atom is -0.348 e. The number of carbonyl (C=O) groups excluding carboxylic acids is 1. The van der Waals surface area contributed by atoms with Gasteiger partial charge in [-0.3, -0.25) is 9.48 Å². The Balaban J connectivity index is 1.87. The highest BCUT2D eigenvalue weighted by Gasteiger charge is 2.40. The van der Waals surface area contributed by atoms with Gasteiger partial charge in [-0.05, 0) is 6.07 Å². The van der Waals surface area contributed by atoms with Gasteiger partial charge in [-0.15, -0.1) is 0 Å². The van der Waals surface area contributed by atoms with Gasteiger partial charge in [0.05, 0.1) is 35.2 Å². The molecule has 3 rings (SSSR count). The monoisotopic (exact) mass is 306 g/mol. The number of rotatable bonds is 3. The molecule has 1 aliphatic heterocycles. The molecular formula is C13H15ClN6O. The van der Waals surface area contributed by atoms with E-state index in [1.807, 2.05) is 13.1 Å². The highest BCUT2D eigenvalue weighted by Crippen LogP contribution is 2.33. The van der Waals surface area contributed by atoms with E-state index in [1.54, 1.807) is 22.8 Å². The number of aromatic nitrogens is 4. The summed E-state index contributed by atoms with van der Waals surface area (Å²) in [6, 6.07) is 1.69. The maximum atomic E-state index is 12.0. The molecule has 1 amide bonds. The summed E-state index contributed by atoms with van der Waals surface area (Å²) < 4.78 is 1.77. The molecule has 7 nitrogen and oxygen atoms in total. The second-order valence-corrected chi connectivity index (χ2v) is 5.45. The molecule has 0 unspecified atom stereocenters. The van der Waals surface area contributed by atoms with Crippen LogP contribution in [0.1, 0.15) is 18.2 Å². The topological polar surface area (TPSA) is 75.9 Å². The number of nitrogens with one attached hydrogen (secondary N) is 1. The molecule has 1 fully saturated rings. The Hall–Kier alpha value is -2.15. The first kappa shape index (κ1) is 13.8. The zero-order valence-corrected chi connectivity index (χ0v) is 12.4. The Kier molecular flexibility index (Phi) is 3.50. The third-order valence-corrected chi connectivity index (χ3v) is 3.88. The van der Waals surface area contributed by atoms with Gasteiger partial charge in [-0.2, -0.15) is 5.10 Å². The average molecular weight is 307 g/mol. The number of anilines is 1. The molecule has 2 aromatic heterocycles. The average Bonchev–Trinajstić information content (AvgIpc) is 2.98. The lowest BCUT2D eigenvalue weighted by molar-refractivity contribution is -0.127. The SMILES string of the molecule is CN1C(=O)C[C@@H](Nc2ncc(Cl)cn2)[C@@H]1c1ccnn1C. The molecule has 0 saturated carbocycles. The first-order valence-corrected chi connectivity index (χ1v) is 6.91. The number of likely N-dealkylation sites (tertiary alicyclic amines) is 1. The smallest absolute Gasteiger partial charge is 0.225 e. The lowest BCUT2D eigenvalue weighted by atomic mass is 10.1. The summed E-state index contributed by atoms with van der Waals surface area (Å²) >= 11 is 5.78. The van der Waals surface area contributed by atoms with Gasteiger partial charge >= 0.3 is 0 Å². The second-order valence-electron chi connectivity index (χ2n) is 5.01. The first-order valence-electron chi connectivity index (χ1n) is 6.54. The van der Waals surface area contributed by atoms with Crippen LogP contribution in [0, 0.1) is 0 Å². The zero-order valence-electron chi connectivity index (χ0n) is 11.7. The van der Waals surface area contributed by atoms with Crippen LogP contribution in [-0.2, 0) is 11.8 Å². The summed E-state index contributed by atoms with van der Waals surface area (Å²) in [6.45, 7) is 0. The predicted octanol–water partition coefficient (Wildman–Crippen LogP) is 1.25. The summed E-state index contributed by atoms with van der Waals surface area (Å²) in [6.07, 6.45) is 5.16. The van der Waals surface area contributed by atoms with Crippen LogP contribution in [0.2, 0.25) is 5.02 Å². The molecule has 2 aromatic rings. The molecule has 0 spiro atoms. The van der Waals surface area contributed by atoms with E-state index in [4.69, 9.17) is 11.6 Å². The Morgan fingerprint density at radius 2 is 2.05 bits per heavy atom. The van der Waals surface area contributed by atoms with E-state index in [1.165, 1.54) is 12.4 Å². The third kappa shape index (κ3) is 2.56. The van der Waals surface area contributed by atoms with Gasteiger partial charge in [0.25, 0.3) is 0 Å². The van der Waals surface area contributed by atoms with Crippen LogP contribution < -0.4 is 5.32 Å². The Labute approximate surface area is 126 Å². The summed E-state index contributed by atoms with van der Waals surface area (Å²) in [7, 11) is 3.66. The quantitative estimate of drug-likeness (QED) is 0.923. The number of amides is 1. The van der Waals surface area contributed by atoms with Crippen LogP contribution in [0.25, 0.3) is 0 Å². The van der Waals surface area contributed by atoms with Crippen molar-refractivity contribution in [1.29, 1.82) is 0 Å². The summed E-state index contributed by atoms with van der Waals surface area (Å²) in [5.41, 5.74) is 0.967. The molecular weight excluding hydrogens is 292 g/mol. The molecule has 0 bridgehead atoms. The van der Waals surface area contributed by atoms with Crippen LogP contribution in [-0.4, -0.2) is 43.6 Å². The molecule has 0 aromatic carbocycles. The summed E-state index contributed by atoms with van der Waals surface area (Å²) in [5, 5.41) is 7.86. The van der Waals surface area contributed by atoms with Crippen molar-refractivity contribution in [1.82, 2.24) is 24.6 Å². The predicted molar refractivity (Wildman–Crippen MR) is 77.8 cm³/mol. The van der Waals surface area contributed by atoms with Gasteiger partial charge < -0.3 is 10.2 Å². The lowest BCUT2D eigenvalue weighted by Crippen LogP contribution is -2.31. The fraction of sp³-hybridized carbons (Fsp3) is 0.385. The van der Waals surface area contributed by atoms with E-state index in [9.17, 15) is 4.79 Å². The molecule has 21 heavy (non-hydrogen) atoms. The van der Waals surface area contributed by atoms with Crippen molar-refractivity contribution in [3.05, 3.63) is 35.4 Å². The molecule has 110 valence electrons. The van der Waals surface area contributed by atoms with Crippen molar-refractivity contribution in [3.8, 4) is 0 Å². The number of hydrogen-bond donors (Lipinski definition) is 1. The number of nitrogens with zero attached hydrogens (tertiary/aromatic N) is 5. The van der Waals surface area contributed by atoms with Crippen LogP contribution in [0.3, 0.4) is 0 Å². The van der Waals surface area contributed by atoms with Crippen molar-refractivity contribution in [3.63, 3.8) is 0 Å². The summed E-state index contributed by atoms with van der Waals surface area (Å²) in [5.74, 6) is 0.535. The Bertz CT molecular complexity index is 655. The van der Waals surface area contributed by atoms with E-state index in [0.717, 1.165) is 5.69 Å². The molecule has 1 saturated heterocycles. The molecule has 3 heterocycles. The standard InChI is InChI=1S/C13H15ClN6O/c1-19-11(21)5-9(12(19)10-3-4-17-20(10)2)18-13-15-6-8(14)7-16-13/h3-4,6-7,9,12H,5H2,1-2H3,(H,15,16,18)/t9-,12-/m1/s1. The van der Waals surface area contributed by atoms with Crippen molar-refractivity contribution in [2.45, 2.75) is 18.5 Å². The Morgan fingerprint density at radius 3 is 2.67 bits per heavy atom. The zero-order chi connectivity index (χ0) is 15.0. The molecule has 8 heteroatoms. The molecule has 1 aliphatic rings. The number of halogens is 1.